The van der Waals surface area contributed by atoms with Crippen LogP contribution in [0.3, 0.4) is 0 Å². The zero-order valence-electron chi connectivity index (χ0n) is 11.6. The fourth-order valence-corrected chi connectivity index (χ4v) is 3.63. The highest BCUT2D eigenvalue weighted by atomic mass is 16.1. The number of benzene rings is 1. The fourth-order valence-electron chi connectivity index (χ4n) is 3.63. The maximum atomic E-state index is 12.6. The van der Waals surface area contributed by atoms with E-state index in [4.69, 9.17) is 0 Å². The molecule has 102 valence electrons. The Hall–Kier alpha value is -1.87. The zero-order valence-corrected chi connectivity index (χ0v) is 11.6. The van der Waals surface area contributed by atoms with E-state index in [1.165, 1.54) is 10.9 Å². The summed E-state index contributed by atoms with van der Waals surface area (Å²) in [5.74, 6) is 0.290. The Morgan fingerprint density at radius 1 is 1.35 bits per heavy atom. The second kappa shape index (κ2) is 4.32. The molecule has 2 bridgehead atoms. The summed E-state index contributed by atoms with van der Waals surface area (Å²) in [7, 11) is 0. The van der Waals surface area contributed by atoms with Crippen molar-refractivity contribution in [2.75, 3.05) is 19.6 Å². The van der Waals surface area contributed by atoms with E-state index in [0.717, 1.165) is 42.8 Å². The molecule has 2 atom stereocenters. The van der Waals surface area contributed by atoms with Crippen molar-refractivity contribution in [2.45, 2.75) is 19.3 Å². The highest BCUT2D eigenvalue weighted by Gasteiger charge is 2.36. The predicted octanol–water partition coefficient (Wildman–Crippen LogP) is 2.64. The van der Waals surface area contributed by atoms with Gasteiger partial charge in [-0.15, -0.1) is 0 Å². The van der Waals surface area contributed by atoms with Gasteiger partial charge in [0.15, 0.2) is 5.78 Å². The summed E-state index contributed by atoms with van der Waals surface area (Å²) in [5, 5.41) is 1.28. The van der Waals surface area contributed by atoms with Crippen LogP contribution in [-0.2, 0) is 11.2 Å². The number of para-hydroxylation sites is 1. The van der Waals surface area contributed by atoms with Gasteiger partial charge >= 0.3 is 0 Å². The molecule has 2 aliphatic rings. The largest absolute Gasteiger partial charge is 0.358 e. The van der Waals surface area contributed by atoms with Gasteiger partial charge in [0, 0.05) is 41.8 Å². The van der Waals surface area contributed by atoms with E-state index in [1.54, 1.807) is 0 Å². The van der Waals surface area contributed by atoms with Crippen LogP contribution in [0, 0.1) is 0 Å². The number of piperidine rings is 1. The highest BCUT2D eigenvalue weighted by molar-refractivity contribution is 6.02. The van der Waals surface area contributed by atoms with E-state index >= 15 is 0 Å². The van der Waals surface area contributed by atoms with Crippen LogP contribution < -0.4 is 0 Å². The third-order valence-electron chi connectivity index (χ3n) is 4.69. The molecule has 1 saturated heterocycles. The minimum atomic E-state index is -0.0140. The van der Waals surface area contributed by atoms with Crippen LogP contribution in [0.1, 0.15) is 24.1 Å². The molecule has 0 aliphatic carbocycles. The first-order valence-corrected chi connectivity index (χ1v) is 7.29. The van der Waals surface area contributed by atoms with Crippen molar-refractivity contribution >= 4 is 16.7 Å². The SMILES string of the molecule is C/C=C1\CN2CCc3c([nH]c4ccccc34)[C@@H](C2)C1=O. The summed E-state index contributed by atoms with van der Waals surface area (Å²) in [6.45, 7) is 4.68. The molecular weight excluding hydrogens is 248 g/mol. The van der Waals surface area contributed by atoms with Crippen LogP contribution >= 0.6 is 0 Å². The van der Waals surface area contributed by atoms with Gasteiger partial charge in [0.25, 0.3) is 0 Å². The van der Waals surface area contributed by atoms with Crippen molar-refractivity contribution < 1.29 is 4.79 Å². The quantitative estimate of drug-likeness (QED) is 0.744. The molecule has 4 rings (SSSR count). The van der Waals surface area contributed by atoms with Gasteiger partial charge in [-0.25, -0.2) is 0 Å². The van der Waals surface area contributed by atoms with Gasteiger partial charge in [0.2, 0.25) is 0 Å². The lowest BCUT2D eigenvalue weighted by Crippen LogP contribution is -2.40. The molecule has 0 saturated carbocycles. The molecule has 0 spiro atoms. The Morgan fingerprint density at radius 3 is 3.05 bits per heavy atom. The summed E-state index contributed by atoms with van der Waals surface area (Å²) in [4.78, 5) is 18.6. The summed E-state index contributed by atoms with van der Waals surface area (Å²) >= 11 is 0. The summed E-state index contributed by atoms with van der Waals surface area (Å²) in [6, 6.07) is 8.39. The standard InChI is InChI=1S/C17H18N2O/c1-2-11-9-19-8-7-13-12-5-3-4-6-15(12)18-16(13)14(10-19)17(11)20/h2-6,14,18H,7-10H2,1H3/b11-2+/t14-/m1/s1. The third kappa shape index (κ3) is 1.59. The minimum absolute atomic E-state index is 0.0140. The number of carbonyl (C=O) groups is 1. The number of Topliss-reactive ketones (excluding diaryl/α,β-unsaturated/α-hetero) is 1. The third-order valence-corrected chi connectivity index (χ3v) is 4.69. The molecule has 1 unspecified atom stereocenters. The minimum Gasteiger partial charge on any atom is -0.358 e. The van der Waals surface area contributed by atoms with Crippen LogP contribution in [0.4, 0.5) is 0 Å². The first-order valence-electron chi connectivity index (χ1n) is 7.29. The first kappa shape index (κ1) is 11.9. The molecule has 1 N–H and O–H groups in total. The Morgan fingerprint density at radius 2 is 2.20 bits per heavy atom. The molecule has 1 aromatic carbocycles. The number of allylic oxidation sites excluding steroid dienone is 1. The number of carbonyl (C=O) groups excluding carboxylic acids is 1. The lowest BCUT2D eigenvalue weighted by atomic mass is 9.89. The number of hydrogen-bond donors (Lipinski definition) is 1. The topological polar surface area (TPSA) is 36.1 Å². The van der Waals surface area contributed by atoms with E-state index in [0.29, 0.717) is 5.78 Å². The summed E-state index contributed by atoms with van der Waals surface area (Å²) < 4.78 is 0. The highest BCUT2D eigenvalue weighted by Crippen LogP contribution is 2.35. The maximum Gasteiger partial charge on any atom is 0.170 e. The smallest absolute Gasteiger partial charge is 0.170 e. The lowest BCUT2D eigenvalue weighted by molar-refractivity contribution is -0.118. The molecule has 0 amide bonds. The Labute approximate surface area is 118 Å². The fraction of sp³-hybridized carbons (Fsp3) is 0.353. The number of hydrogen-bond acceptors (Lipinski definition) is 2. The van der Waals surface area contributed by atoms with Crippen molar-refractivity contribution in [2.24, 2.45) is 0 Å². The van der Waals surface area contributed by atoms with Gasteiger partial charge < -0.3 is 4.98 Å². The van der Waals surface area contributed by atoms with Crippen LogP contribution in [0.2, 0.25) is 0 Å². The molecule has 3 heteroatoms. The predicted molar refractivity (Wildman–Crippen MR) is 79.9 cm³/mol. The van der Waals surface area contributed by atoms with E-state index in [2.05, 4.69) is 28.1 Å². The number of rotatable bonds is 0. The van der Waals surface area contributed by atoms with Crippen molar-refractivity contribution in [3.8, 4) is 0 Å². The Balaban J connectivity index is 1.92. The molecule has 20 heavy (non-hydrogen) atoms. The molecule has 1 fully saturated rings. The average molecular weight is 266 g/mol. The van der Waals surface area contributed by atoms with Gasteiger partial charge in [-0.2, -0.15) is 0 Å². The van der Waals surface area contributed by atoms with Crippen LogP contribution in [0.15, 0.2) is 35.9 Å². The first-order chi connectivity index (χ1) is 9.78. The monoisotopic (exact) mass is 266 g/mol. The maximum absolute atomic E-state index is 12.6. The number of aromatic amines is 1. The van der Waals surface area contributed by atoms with Gasteiger partial charge in [0.05, 0.1) is 5.92 Å². The second-order valence-corrected chi connectivity index (χ2v) is 5.78. The van der Waals surface area contributed by atoms with Crippen LogP contribution in [0.25, 0.3) is 10.9 Å². The molecule has 1 aromatic heterocycles. The van der Waals surface area contributed by atoms with Crippen LogP contribution in [-0.4, -0.2) is 35.3 Å². The van der Waals surface area contributed by atoms with E-state index in [9.17, 15) is 4.79 Å². The second-order valence-electron chi connectivity index (χ2n) is 5.78. The molecule has 0 radical (unpaired) electrons. The van der Waals surface area contributed by atoms with Gasteiger partial charge in [-0.05, 0) is 25.0 Å². The average Bonchev–Trinajstić information content (AvgIpc) is 2.77. The van der Waals surface area contributed by atoms with Crippen molar-refractivity contribution in [3.63, 3.8) is 0 Å². The molecular formula is C17H18N2O. The van der Waals surface area contributed by atoms with Gasteiger partial charge in [-0.3, -0.25) is 9.69 Å². The lowest BCUT2D eigenvalue weighted by Gasteiger charge is -2.30. The number of nitrogens with zero attached hydrogens (tertiary/aromatic N) is 1. The van der Waals surface area contributed by atoms with E-state index in [-0.39, 0.29) is 5.92 Å². The number of fused-ring (bicyclic) bond motifs is 6. The zero-order chi connectivity index (χ0) is 13.7. The van der Waals surface area contributed by atoms with Crippen molar-refractivity contribution in [3.05, 3.63) is 47.2 Å². The molecule has 3 nitrogen and oxygen atoms in total. The van der Waals surface area contributed by atoms with Crippen LogP contribution in [0.5, 0.6) is 0 Å². The summed E-state index contributed by atoms with van der Waals surface area (Å²) in [6.07, 6.45) is 3.01. The van der Waals surface area contributed by atoms with E-state index < -0.39 is 0 Å². The Kier molecular flexibility index (Phi) is 2.57. The van der Waals surface area contributed by atoms with Crippen molar-refractivity contribution in [1.29, 1.82) is 0 Å². The van der Waals surface area contributed by atoms with Gasteiger partial charge in [-0.1, -0.05) is 24.3 Å². The van der Waals surface area contributed by atoms with E-state index in [1.807, 2.05) is 19.1 Å². The number of nitrogens with one attached hydrogen (secondary N) is 1. The number of aromatic nitrogens is 1. The number of H-pyrrole nitrogens is 1. The number of ketones is 1. The van der Waals surface area contributed by atoms with Crippen molar-refractivity contribution in [1.82, 2.24) is 9.88 Å². The Bertz CT molecular complexity index is 726. The van der Waals surface area contributed by atoms with Gasteiger partial charge in [0.1, 0.15) is 0 Å². The molecule has 2 aliphatic heterocycles. The summed E-state index contributed by atoms with van der Waals surface area (Å²) in [5.41, 5.74) is 4.62. The molecule has 2 aromatic rings. The molecule has 3 heterocycles. The normalized spacial score (nSPS) is 27.6.